The molecule has 1 atom stereocenters. The summed E-state index contributed by atoms with van der Waals surface area (Å²) in [7, 11) is 0. The number of anilines is 1. The van der Waals surface area contributed by atoms with Crippen molar-refractivity contribution in [2.45, 2.75) is 57.0 Å². The highest BCUT2D eigenvalue weighted by Gasteiger charge is 2.34. The van der Waals surface area contributed by atoms with E-state index in [9.17, 15) is 9.59 Å². The van der Waals surface area contributed by atoms with Gasteiger partial charge in [-0.3, -0.25) is 14.5 Å². The second kappa shape index (κ2) is 8.39. The van der Waals surface area contributed by atoms with Crippen molar-refractivity contribution in [3.63, 3.8) is 0 Å². The molecule has 3 rings (SSSR count). The predicted molar refractivity (Wildman–Crippen MR) is 109 cm³/mol. The van der Waals surface area contributed by atoms with E-state index < -0.39 is 0 Å². The molecule has 6 nitrogen and oxygen atoms in total. The number of amides is 2. The van der Waals surface area contributed by atoms with Gasteiger partial charge in [-0.1, -0.05) is 41.3 Å². The predicted octanol–water partition coefficient (Wildman–Crippen LogP) is 3.64. The maximum Gasteiger partial charge on any atom is 0.230 e. The number of hydrogen-bond acceptors (Lipinski definition) is 6. The summed E-state index contributed by atoms with van der Waals surface area (Å²) in [6.45, 7) is 7.68. The summed E-state index contributed by atoms with van der Waals surface area (Å²) < 4.78 is 0.700. The Labute approximate surface area is 167 Å². The molecule has 0 spiro atoms. The van der Waals surface area contributed by atoms with Gasteiger partial charge < -0.3 is 5.32 Å². The third kappa shape index (κ3) is 5.07. The van der Waals surface area contributed by atoms with Crippen LogP contribution in [-0.2, 0) is 9.59 Å². The Hall–Kier alpha value is -1.93. The molecule has 1 N–H and O–H groups in total. The van der Waals surface area contributed by atoms with Gasteiger partial charge in [-0.25, -0.2) is 0 Å². The Kier molecular flexibility index (Phi) is 6.16. The molecule has 1 aliphatic carbocycles. The second-order valence-corrected chi connectivity index (χ2v) is 9.07. The Bertz CT molecular complexity index is 848. The third-order valence-corrected chi connectivity index (χ3v) is 6.64. The van der Waals surface area contributed by atoms with Crippen LogP contribution in [0.2, 0.25) is 0 Å². The van der Waals surface area contributed by atoms with Gasteiger partial charge in [0.15, 0.2) is 4.34 Å². The Morgan fingerprint density at radius 1 is 1.30 bits per heavy atom. The molecule has 8 heteroatoms. The molecule has 27 heavy (non-hydrogen) atoms. The van der Waals surface area contributed by atoms with Crippen LogP contribution in [0.5, 0.6) is 0 Å². The van der Waals surface area contributed by atoms with E-state index in [-0.39, 0.29) is 29.7 Å². The fourth-order valence-corrected chi connectivity index (χ4v) is 4.53. The maximum atomic E-state index is 12.3. The standard InChI is InChI=1S/C19H24N4O2S2/c1-11-5-6-15(9-12(11)2)13(3)20-17(25)10-26-19-22-21-18(27-19)23(14(4)24)16-7-8-16/h5-6,9,13,16H,7-8,10H2,1-4H3,(H,20,25). The lowest BCUT2D eigenvalue weighted by atomic mass is 10.0. The van der Waals surface area contributed by atoms with E-state index in [4.69, 9.17) is 0 Å². The van der Waals surface area contributed by atoms with Gasteiger partial charge in [0.05, 0.1) is 11.8 Å². The zero-order chi connectivity index (χ0) is 19.6. The van der Waals surface area contributed by atoms with Crippen LogP contribution in [0.4, 0.5) is 5.13 Å². The van der Waals surface area contributed by atoms with Gasteiger partial charge in [0.2, 0.25) is 16.9 Å². The molecule has 1 aliphatic rings. The normalized spacial score (nSPS) is 14.7. The number of nitrogens with zero attached hydrogens (tertiary/aromatic N) is 3. The summed E-state index contributed by atoms with van der Waals surface area (Å²) in [6.07, 6.45) is 2.03. The van der Waals surface area contributed by atoms with Crippen molar-refractivity contribution in [1.82, 2.24) is 15.5 Å². The van der Waals surface area contributed by atoms with Crippen LogP contribution in [0, 0.1) is 13.8 Å². The van der Waals surface area contributed by atoms with Crippen molar-refractivity contribution in [3.05, 3.63) is 34.9 Å². The van der Waals surface area contributed by atoms with Crippen molar-refractivity contribution < 1.29 is 9.59 Å². The number of carbonyl (C=O) groups is 2. The van der Waals surface area contributed by atoms with E-state index in [1.165, 1.54) is 34.2 Å². The van der Waals surface area contributed by atoms with E-state index in [0.717, 1.165) is 18.4 Å². The molecule has 0 saturated heterocycles. The number of thioether (sulfide) groups is 1. The molecule has 1 unspecified atom stereocenters. The number of benzene rings is 1. The van der Waals surface area contributed by atoms with Crippen molar-refractivity contribution in [2.75, 3.05) is 10.7 Å². The monoisotopic (exact) mass is 404 g/mol. The van der Waals surface area contributed by atoms with Gasteiger partial charge in [-0.2, -0.15) is 0 Å². The summed E-state index contributed by atoms with van der Waals surface area (Å²) >= 11 is 2.71. The van der Waals surface area contributed by atoms with E-state index >= 15 is 0 Å². The summed E-state index contributed by atoms with van der Waals surface area (Å²) in [5, 5.41) is 11.9. The molecule has 1 fully saturated rings. The van der Waals surface area contributed by atoms with Crippen LogP contribution in [0.1, 0.15) is 49.4 Å². The zero-order valence-corrected chi connectivity index (χ0v) is 17.6. The van der Waals surface area contributed by atoms with E-state index in [2.05, 4.69) is 41.5 Å². The first kappa shape index (κ1) is 19.8. The lowest BCUT2D eigenvalue weighted by molar-refractivity contribution is -0.119. The highest BCUT2D eigenvalue weighted by atomic mass is 32.2. The van der Waals surface area contributed by atoms with Gasteiger partial charge in [-0.05, 0) is 50.3 Å². The van der Waals surface area contributed by atoms with Crippen molar-refractivity contribution >= 4 is 40.0 Å². The van der Waals surface area contributed by atoms with Crippen LogP contribution in [0.15, 0.2) is 22.5 Å². The number of nitrogens with one attached hydrogen (secondary N) is 1. The minimum atomic E-state index is -0.0505. The van der Waals surface area contributed by atoms with E-state index in [1.54, 1.807) is 11.8 Å². The Morgan fingerprint density at radius 3 is 2.67 bits per heavy atom. The quantitative estimate of drug-likeness (QED) is 0.563. The molecular formula is C19H24N4O2S2. The summed E-state index contributed by atoms with van der Waals surface area (Å²) in [5.74, 6) is 0.214. The minimum absolute atomic E-state index is 0.00911. The smallest absolute Gasteiger partial charge is 0.230 e. The molecule has 2 amide bonds. The van der Waals surface area contributed by atoms with Gasteiger partial charge in [0.25, 0.3) is 0 Å². The number of rotatable bonds is 7. The molecule has 2 aromatic rings. The average molecular weight is 405 g/mol. The van der Waals surface area contributed by atoms with Gasteiger partial charge in [0.1, 0.15) is 0 Å². The molecule has 0 aliphatic heterocycles. The lowest BCUT2D eigenvalue weighted by Crippen LogP contribution is -2.30. The molecular weight excluding hydrogens is 380 g/mol. The van der Waals surface area contributed by atoms with Crippen LogP contribution < -0.4 is 10.2 Å². The van der Waals surface area contributed by atoms with Crippen molar-refractivity contribution in [3.8, 4) is 0 Å². The highest BCUT2D eigenvalue weighted by molar-refractivity contribution is 8.01. The lowest BCUT2D eigenvalue weighted by Gasteiger charge is -2.15. The van der Waals surface area contributed by atoms with Gasteiger partial charge >= 0.3 is 0 Å². The first-order chi connectivity index (χ1) is 12.8. The largest absolute Gasteiger partial charge is 0.349 e. The van der Waals surface area contributed by atoms with Crippen molar-refractivity contribution in [1.29, 1.82) is 0 Å². The minimum Gasteiger partial charge on any atom is -0.349 e. The van der Waals surface area contributed by atoms with Gasteiger partial charge in [-0.15, -0.1) is 10.2 Å². The van der Waals surface area contributed by atoms with E-state index in [1.807, 2.05) is 13.0 Å². The Morgan fingerprint density at radius 2 is 2.04 bits per heavy atom. The SMILES string of the molecule is CC(=O)N(c1nnc(SCC(=O)NC(C)c2ccc(C)c(C)c2)s1)C1CC1. The molecule has 1 heterocycles. The molecule has 1 aromatic carbocycles. The fraction of sp³-hybridized carbons (Fsp3) is 0.474. The molecule has 144 valence electrons. The molecule has 1 aromatic heterocycles. The highest BCUT2D eigenvalue weighted by Crippen LogP contribution is 2.35. The first-order valence-corrected chi connectivity index (χ1v) is 10.8. The summed E-state index contributed by atoms with van der Waals surface area (Å²) in [6, 6.07) is 6.44. The summed E-state index contributed by atoms with van der Waals surface area (Å²) in [5.41, 5.74) is 3.55. The Balaban J connectivity index is 1.53. The van der Waals surface area contributed by atoms with Gasteiger partial charge in [0, 0.05) is 13.0 Å². The van der Waals surface area contributed by atoms with Crippen LogP contribution >= 0.6 is 23.1 Å². The average Bonchev–Trinajstić information content (AvgIpc) is 3.32. The number of carbonyl (C=O) groups excluding carboxylic acids is 2. The molecule has 0 radical (unpaired) electrons. The number of aromatic nitrogens is 2. The first-order valence-electron chi connectivity index (χ1n) is 8.97. The zero-order valence-electron chi connectivity index (χ0n) is 16.0. The fourth-order valence-electron chi connectivity index (χ4n) is 2.77. The number of aryl methyl sites for hydroxylation is 2. The second-order valence-electron chi connectivity index (χ2n) is 6.89. The van der Waals surface area contributed by atoms with Crippen LogP contribution in [-0.4, -0.2) is 33.8 Å². The van der Waals surface area contributed by atoms with Crippen LogP contribution in [0.3, 0.4) is 0 Å². The number of hydrogen-bond donors (Lipinski definition) is 1. The van der Waals surface area contributed by atoms with E-state index in [0.29, 0.717) is 9.47 Å². The maximum absolute atomic E-state index is 12.3. The summed E-state index contributed by atoms with van der Waals surface area (Å²) in [4.78, 5) is 25.8. The van der Waals surface area contributed by atoms with Crippen molar-refractivity contribution in [2.24, 2.45) is 0 Å². The van der Waals surface area contributed by atoms with Crippen LogP contribution in [0.25, 0.3) is 0 Å². The molecule has 1 saturated carbocycles. The topological polar surface area (TPSA) is 75.2 Å². The third-order valence-electron chi connectivity index (χ3n) is 4.59. The molecule has 0 bridgehead atoms.